The monoisotopic (exact) mass is 246 g/mol. The third-order valence-corrected chi connectivity index (χ3v) is 2.77. The van der Waals surface area contributed by atoms with E-state index in [0.29, 0.717) is 13.0 Å². The Morgan fingerprint density at radius 3 is 2.41 bits per heavy atom. The number of nitrogens with one attached hydrogen (secondary N) is 1. The molecule has 102 valence electrons. The minimum atomic E-state index is -0.235. The molecule has 0 spiro atoms. The van der Waals surface area contributed by atoms with Gasteiger partial charge >= 0.3 is 0 Å². The maximum atomic E-state index is 11.7. The Balaban J connectivity index is 4.03. The van der Waals surface area contributed by atoms with Crippen molar-refractivity contribution < 1.29 is 14.3 Å². The first-order valence-electron chi connectivity index (χ1n) is 5.92. The van der Waals surface area contributed by atoms with Gasteiger partial charge in [0, 0.05) is 26.8 Å². The van der Waals surface area contributed by atoms with Gasteiger partial charge in [0.1, 0.15) is 0 Å². The number of hydrogen-bond acceptors (Lipinski definition) is 4. The van der Waals surface area contributed by atoms with Crippen LogP contribution in [0.4, 0.5) is 0 Å². The summed E-state index contributed by atoms with van der Waals surface area (Å²) in [6, 6.07) is 0.0627. The fraction of sp³-hybridized carbons (Fsp3) is 0.917. The second-order valence-electron chi connectivity index (χ2n) is 4.93. The minimum Gasteiger partial charge on any atom is -0.380 e. The second kappa shape index (κ2) is 7.63. The molecular weight excluding hydrogens is 220 g/mol. The first-order chi connectivity index (χ1) is 7.84. The topological polar surface area (TPSA) is 73.6 Å². The average Bonchev–Trinajstić information content (AvgIpc) is 2.24. The highest BCUT2D eigenvalue weighted by Gasteiger charge is 2.21. The van der Waals surface area contributed by atoms with Gasteiger partial charge < -0.3 is 20.5 Å². The smallest absolute Gasteiger partial charge is 0.222 e. The number of carbonyl (C=O) groups is 1. The van der Waals surface area contributed by atoms with Crippen LogP contribution in [0.15, 0.2) is 0 Å². The van der Waals surface area contributed by atoms with Crippen LogP contribution in [0.3, 0.4) is 0 Å². The number of carbonyl (C=O) groups excluding carboxylic acids is 1. The molecule has 0 aromatic carbocycles. The van der Waals surface area contributed by atoms with Gasteiger partial charge in [-0.15, -0.1) is 0 Å². The minimum absolute atomic E-state index is 0.0401. The van der Waals surface area contributed by atoms with Crippen molar-refractivity contribution in [1.82, 2.24) is 5.32 Å². The Hall–Kier alpha value is -0.650. The Morgan fingerprint density at radius 1 is 1.41 bits per heavy atom. The van der Waals surface area contributed by atoms with E-state index in [1.165, 1.54) is 0 Å². The third-order valence-electron chi connectivity index (χ3n) is 2.77. The van der Waals surface area contributed by atoms with E-state index in [9.17, 15) is 4.79 Å². The summed E-state index contributed by atoms with van der Waals surface area (Å²) in [6.07, 6.45) is 0.845. The molecule has 0 aromatic rings. The SMILES string of the molecule is COC(CN)CC(=O)NC(C)CC(C)(C)OC. The molecule has 0 aliphatic carbocycles. The van der Waals surface area contributed by atoms with Crippen LogP contribution in [-0.2, 0) is 14.3 Å². The predicted octanol–water partition coefficient (Wildman–Crippen LogP) is 0.670. The van der Waals surface area contributed by atoms with E-state index in [0.717, 1.165) is 6.42 Å². The lowest BCUT2D eigenvalue weighted by Gasteiger charge is -2.27. The average molecular weight is 246 g/mol. The van der Waals surface area contributed by atoms with Crippen molar-refractivity contribution in [3.05, 3.63) is 0 Å². The quantitative estimate of drug-likeness (QED) is 0.660. The van der Waals surface area contributed by atoms with Gasteiger partial charge in [0.15, 0.2) is 0 Å². The van der Waals surface area contributed by atoms with Crippen LogP contribution < -0.4 is 11.1 Å². The molecule has 0 aromatic heterocycles. The Morgan fingerprint density at radius 2 is 2.00 bits per heavy atom. The van der Waals surface area contributed by atoms with E-state index in [1.54, 1.807) is 14.2 Å². The molecule has 5 heteroatoms. The van der Waals surface area contributed by atoms with E-state index in [1.807, 2.05) is 20.8 Å². The molecule has 0 aliphatic rings. The molecular formula is C12H26N2O3. The number of ether oxygens (including phenoxy) is 2. The van der Waals surface area contributed by atoms with Crippen molar-refractivity contribution in [3.8, 4) is 0 Å². The van der Waals surface area contributed by atoms with Crippen LogP contribution in [0.5, 0.6) is 0 Å². The first-order valence-corrected chi connectivity index (χ1v) is 5.92. The Labute approximate surface area is 104 Å². The Bertz CT molecular complexity index is 228. The lowest BCUT2D eigenvalue weighted by Crippen LogP contribution is -2.41. The standard InChI is InChI=1S/C12H26N2O3/c1-9(7-12(2,3)17-5)14-11(15)6-10(8-13)16-4/h9-10H,6-8,13H2,1-5H3,(H,14,15). The van der Waals surface area contributed by atoms with Crippen LogP contribution in [0.25, 0.3) is 0 Å². The fourth-order valence-electron chi connectivity index (χ4n) is 1.68. The zero-order valence-corrected chi connectivity index (χ0v) is 11.6. The van der Waals surface area contributed by atoms with E-state index in [4.69, 9.17) is 15.2 Å². The third kappa shape index (κ3) is 7.31. The van der Waals surface area contributed by atoms with Gasteiger partial charge in [-0.05, 0) is 27.2 Å². The van der Waals surface area contributed by atoms with Gasteiger partial charge in [-0.2, -0.15) is 0 Å². The summed E-state index contributed by atoms with van der Waals surface area (Å²) < 4.78 is 10.4. The highest BCUT2D eigenvalue weighted by molar-refractivity contribution is 5.76. The highest BCUT2D eigenvalue weighted by atomic mass is 16.5. The van der Waals surface area contributed by atoms with Gasteiger partial charge in [-0.25, -0.2) is 0 Å². The summed E-state index contributed by atoms with van der Waals surface area (Å²) in [4.78, 5) is 11.7. The van der Waals surface area contributed by atoms with Gasteiger partial charge in [-0.1, -0.05) is 0 Å². The number of nitrogens with two attached hydrogens (primary N) is 1. The molecule has 1 amide bonds. The molecule has 0 aliphatic heterocycles. The van der Waals surface area contributed by atoms with Gasteiger partial charge in [-0.3, -0.25) is 4.79 Å². The molecule has 0 rings (SSSR count). The molecule has 2 atom stereocenters. The molecule has 0 fully saturated rings. The van der Waals surface area contributed by atoms with Crippen LogP contribution >= 0.6 is 0 Å². The number of hydrogen-bond donors (Lipinski definition) is 2. The van der Waals surface area contributed by atoms with E-state index in [-0.39, 0.29) is 23.7 Å². The molecule has 2 unspecified atom stereocenters. The van der Waals surface area contributed by atoms with E-state index in [2.05, 4.69) is 5.32 Å². The summed E-state index contributed by atoms with van der Waals surface area (Å²) in [7, 11) is 3.23. The number of amides is 1. The number of methoxy groups -OCH3 is 2. The van der Waals surface area contributed by atoms with Crippen LogP contribution in [0, 0.1) is 0 Å². The normalized spacial score (nSPS) is 15.4. The van der Waals surface area contributed by atoms with Crippen molar-refractivity contribution >= 4 is 5.91 Å². The van der Waals surface area contributed by atoms with Gasteiger partial charge in [0.25, 0.3) is 0 Å². The summed E-state index contributed by atoms with van der Waals surface area (Å²) in [5.41, 5.74) is 5.23. The van der Waals surface area contributed by atoms with Gasteiger partial charge in [0.05, 0.1) is 18.1 Å². The van der Waals surface area contributed by atoms with Crippen molar-refractivity contribution in [2.24, 2.45) is 5.73 Å². The molecule has 0 heterocycles. The summed E-state index contributed by atoms with van der Waals surface area (Å²) in [5, 5.41) is 2.91. The maximum absolute atomic E-state index is 11.7. The highest BCUT2D eigenvalue weighted by Crippen LogP contribution is 2.15. The van der Waals surface area contributed by atoms with Crippen LogP contribution in [0.1, 0.15) is 33.6 Å². The Kier molecular flexibility index (Phi) is 7.34. The molecule has 0 saturated carbocycles. The fourth-order valence-corrected chi connectivity index (χ4v) is 1.68. The maximum Gasteiger partial charge on any atom is 0.222 e. The summed E-state index contributed by atoms with van der Waals surface area (Å²) in [6.45, 7) is 6.30. The zero-order chi connectivity index (χ0) is 13.5. The van der Waals surface area contributed by atoms with Crippen LogP contribution in [0.2, 0.25) is 0 Å². The second-order valence-corrected chi connectivity index (χ2v) is 4.93. The van der Waals surface area contributed by atoms with Gasteiger partial charge in [0.2, 0.25) is 5.91 Å². The number of rotatable bonds is 8. The van der Waals surface area contributed by atoms with Crippen molar-refractivity contribution in [3.63, 3.8) is 0 Å². The molecule has 17 heavy (non-hydrogen) atoms. The van der Waals surface area contributed by atoms with E-state index >= 15 is 0 Å². The van der Waals surface area contributed by atoms with Crippen molar-refractivity contribution in [2.45, 2.75) is 51.4 Å². The molecule has 3 N–H and O–H groups in total. The first kappa shape index (κ1) is 16.4. The lowest BCUT2D eigenvalue weighted by atomic mass is 10.00. The lowest BCUT2D eigenvalue weighted by molar-refractivity contribution is -0.124. The van der Waals surface area contributed by atoms with Crippen LogP contribution in [-0.4, -0.2) is 44.4 Å². The molecule has 5 nitrogen and oxygen atoms in total. The van der Waals surface area contributed by atoms with E-state index < -0.39 is 0 Å². The summed E-state index contributed by atoms with van der Waals surface area (Å²) >= 11 is 0. The van der Waals surface area contributed by atoms with Crippen molar-refractivity contribution in [1.29, 1.82) is 0 Å². The summed E-state index contributed by atoms with van der Waals surface area (Å²) in [5.74, 6) is -0.0401. The zero-order valence-electron chi connectivity index (χ0n) is 11.6. The molecule has 0 bridgehead atoms. The largest absolute Gasteiger partial charge is 0.380 e. The predicted molar refractivity (Wildman–Crippen MR) is 67.8 cm³/mol. The van der Waals surface area contributed by atoms with Crippen molar-refractivity contribution in [2.75, 3.05) is 20.8 Å². The molecule has 0 saturated heterocycles. The molecule has 0 radical (unpaired) electrons.